The molecule has 0 spiro atoms. The third kappa shape index (κ3) is 5.29. The zero-order valence-electron chi connectivity index (χ0n) is 18.1. The zero-order valence-corrected chi connectivity index (χ0v) is 18.1. The molecule has 2 aromatic rings. The first kappa shape index (κ1) is 24.2. The van der Waals surface area contributed by atoms with Gasteiger partial charge in [0.05, 0.1) is 11.7 Å². The molecule has 0 aromatic heterocycles. The molecule has 1 unspecified atom stereocenters. The molecular weight excluding hydrogens is 425 g/mol. The topological polar surface area (TPSA) is 33.0 Å². The number of nitrogens with zero attached hydrogens (tertiary/aromatic N) is 1. The Bertz CT molecular complexity index is 969. The molecule has 172 valence electrons. The van der Waals surface area contributed by atoms with Crippen LogP contribution in [0.15, 0.2) is 30.3 Å². The van der Waals surface area contributed by atoms with E-state index in [2.05, 4.69) is 6.92 Å². The zero-order chi connectivity index (χ0) is 23.5. The highest BCUT2D eigenvalue weighted by Gasteiger charge is 2.39. The Morgan fingerprint density at radius 3 is 2.19 bits per heavy atom. The first-order valence-corrected chi connectivity index (χ1v) is 10.9. The number of halogens is 5. The molecule has 1 atom stereocenters. The summed E-state index contributed by atoms with van der Waals surface area (Å²) in [6.45, 7) is 3.33. The van der Waals surface area contributed by atoms with Crippen LogP contribution in [-0.4, -0.2) is 0 Å². The molecule has 0 aliphatic heterocycles. The van der Waals surface area contributed by atoms with E-state index in [1.54, 1.807) is 0 Å². The summed E-state index contributed by atoms with van der Waals surface area (Å²) in [5.74, 6) is -2.61. The van der Waals surface area contributed by atoms with E-state index in [9.17, 15) is 22.0 Å². The van der Waals surface area contributed by atoms with Crippen molar-refractivity contribution >= 4 is 0 Å². The van der Waals surface area contributed by atoms with Crippen molar-refractivity contribution in [2.24, 2.45) is 5.92 Å². The van der Waals surface area contributed by atoms with Gasteiger partial charge in [-0.1, -0.05) is 25.8 Å². The van der Waals surface area contributed by atoms with E-state index >= 15 is 0 Å². The van der Waals surface area contributed by atoms with Gasteiger partial charge in [0.15, 0.2) is 0 Å². The number of alkyl halides is 2. The SMILES string of the molecule is CCCC1CCC(c2ccc(C(F)(F)OC(C)c3cc(F)c(C#N)c(F)c3)c(F)c2)CC1. The Morgan fingerprint density at radius 1 is 1.03 bits per heavy atom. The Hall–Kier alpha value is -2.46. The van der Waals surface area contributed by atoms with Crippen molar-refractivity contribution in [2.45, 2.75) is 70.5 Å². The summed E-state index contributed by atoms with van der Waals surface area (Å²) in [4.78, 5) is 0. The van der Waals surface area contributed by atoms with Gasteiger partial charge < -0.3 is 4.74 Å². The predicted molar refractivity (Wildman–Crippen MR) is 110 cm³/mol. The minimum Gasteiger partial charge on any atom is -0.309 e. The minimum absolute atomic E-state index is 0.143. The molecule has 0 amide bonds. The van der Waals surface area contributed by atoms with Crippen LogP contribution < -0.4 is 0 Å². The fourth-order valence-corrected chi connectivity index (χ4v) is 4.50. The molecule has 2 aromatic carbocycles. The lowest BCUT2D eigenvalue weighted by Crippen LogP contribution is -2.22. The number of hydrogen-bond acceptors (Lipinski definition) is 2. The van der Waals surface area contributed by atoms with Gasteiger partial charge in [-0.15, -0.1) is 0 Å². The molecule has 0 saturated heterocycles. The van der Waals surface area contributed by atoms with Crippen molar-refractivity contribution in [1.29, 1.82) is 5.26 Å². The smallest absolute Gasteiger partial charge is 0.309 e. The van der Waals surface area contributed by atoms with Gasteiger partial charge in [-0.2, -0.15) is 14.0 Å². The normalized spacial score (nSPS) is 20.1. The summed E-state index contributed by atoms with van der Waals surface area (Å²) >= 11 is 0. The lowest BCUT2D eigenvalue weighted by Gasteiger charge is -2.29. The van der Waals surface area contributed by atoms with Crippen molar-refractivity contribution in [3.8, 4) is 6.07 Å². The average Bonchev–Trinajstić information content (AvgIpc) is 2.73. The van der Waals surface area contributed by atoms with Gasteiger partial charge in [0.25, 0.3) is 0 Å². The van der Waals surface area contributed by atoms with Crippen LogP contribution in [0.5, 0.6) is 0 Å². The molecule has 2 nitrogen and oxygen atoms in total. The summed E-state index contributed by atoms with van der Waals surface area (Å²) in [7, 11) is 0. The number of nitriles is 1. The lowest BCUT2D eigenvalue weighted by atomic mass is 9.77. The summed E-state index contributed by atoms with van der Waals surface area (Å²) < 4.78 is 76.4. The molecule has 0 bridgehead atoms. The number of hydrogen-bond donors (Lipinski definition) is 0. The van der Waals surface area contributed by atoms with Gasteiger partial charge in [-0.3, -0.25) is 0 Å². The minimum atomic E-state index is -4.01. The summed E-state index contributed by atoms with van der Waals surface area (Å²) in [6.07, 6.45) is 0.762. The maximum Gasteiger partial charge on any atom is 0.386 e. The van der Waals surface area contributed by atoms with Crippen LogP contribution in [0.25, 0.3) is 0 Å². The van der Waals surface area contributed by atoms with Crippen LogP contribution in [0, 0.1) is 34.7 Å². The number of rotatable bonds is 7. The Morgan fingerprint density at radius 2 is 1.66 bits per heavy atom. The second kappa shape index (κ2) is 9.99. The number of benzene rings is 2. The van der Waals surface area contributed by atoms with E-state index in [0.29, 0.717) is 11.5 Å². The second-order valence-electron chi connectivity index (χ2n) is 8.49. The third-order valence-corrected chi connectivity index (χ3v) is 6.29. The quantitative estimate of drug-likeness (QED) is 0.401. The maximum absolute atomic E-state index is 14.7. The maximum atomic E-state index is 14.7. The third-order valence-electron chi connectivity index (χ3n) is 6.29. The highest BCUT2D eigenvalue weighted by atomic mass is 19.3. The van der Waals surface area contributed by atoms with Crippen molar-refractivity contribution in [3.05, 3.63) is 70.0 Å². The van der Waals surface area contributed by atoms with Crippen molar-refractivity contribution in [1.82, 2.24) is 0 Å². The molecule has 1 aliphatic rings. The molecule has 0 radical (unpaired) electrons. The van der Waals surface area contributed by atoms with E-state index in [0.717, 1.165) is 56.4 Å². The van der Waals surface area contributed by atoms with Crippen LogP contribution in [-0.2, 0) is 10.8 Å². The average molecular weight is 451 g/mol. The van der Waals surface area contributed by atoms with Gasteiger partial charge in [-0.25, -0.2) is 13.2 Å². The van der Waals surface area contributed by atoms with Gasteiger partial charge in [0.1, 0.15) is 29.1 Å². The largest absolute Gasteiger partial charge is 0.386 e. The summed E-state index contributed by atoms with van der Waals surface area (Å²) in [5, 5.41) is 8.72. The summed E-state index contributed by atoms with van der Waals surface area (Å²) in [5.41, 5.74) is -1.26. The van der Waals surface area contributed by atoms with Gasteiger partial charge in [0.2, 0.25) is 0 Å². The van der Waals surface area contributed by atoms with Crippen molar-refractivity contribution in [3.63, 3.8) is 0 Å². The van der Waals surface area contributed by atoms with Crippen LogP contribution in [0.1, 0.15) is 86.6 Å². The van der Waals surface area contributed by atoms with Crippen molar-refractivity contribution in [2.75, 3.05) is 0 Å². The Balaban J connectivity index is 1.74. The molecule has 1 fully saturated rings. The molecule has 7 heteroatoms. The van der Waals surface area contributed by atoms with Gasteiger partial charge in [0, 0.05) is 0 Å². The van der Waals surface area contributed by atoms with Crippen LogP contribution in [0.4, 0.5) is 22.0 Å². The molecule has 1 saturated carbocycles. The van der Waals surface area contributed by atoms with E-state index in [4.69, 9.17) is 10.00 Å². The van der Waals surface area contributed by atoms with Crippen LogP contribution in [0.2, 0.25) is 0 Å². The Kier molecular flexibility index (Phi) is 7.55. The van der Waals surface area contributed by atoms with Crippen LogP contribution in [0.3, 0.4) is 0 Å². The van der Waals surface area contributed by atoms with Gasteiger partial charge >= 0.3 is 6.11 Å². The Labute approximate surface area is 185 Å². The fraction of sp³-hybridized carbons (Fsp3) is 0.480. The first-order valence-electron chi connectivity index (χ1n) is 10.9. The molecule has 0 N–H and O–H groups in total. The van der Waals surface area contributed by atoms with Crippen LogP contribution >= 0.6 is 0 Å². The van der Waals surface area contributed by atoms with Crippen molar-refractivity contribution < 1.29 is 26.7 Å². The van der Waals surface area contributed by atoms with E-state index in [1.807, 2.05) is 0 Å². The van der Waals surface area contributed by atoms with E-state index in [1.165, 1.54) is 25.5 Å². The second-order valence-corrected chi connectivity index (χ2v) is 8.49. The van der Waals surface area contributed by atoms with E-state index in [-0.39, 0.29) is 11.5 Å². The first-order chi connectivity index (χ1) is 15.2. The molecule has 0 heterocycles. The van der Waals surface area contributed by atoms with Gasteiger partial charge in [-0.05, 0) is 79.8 Å². The molecule has 1 aliphatic carbocycles. The standard InChI is InChI=1S/C25H26F5NO/c1-3-4-16-5-7-17(8-6-16)18-9-10-21(24(28)11-18)25(29,30)32-15(2)19-12-22(26)20(14-31)23(27)13-19/h9-13,15-17H,3-8H2,1-2H3. The summed E-state index contributed by atoms with van der Waals surface area (Å²) in [6, 6.07) is 6.56. The lowest BCUT2D eigenvalue weighted by molar-refractivity contribution is -0.273. The molecule has 3 rings (SSSR count). The predicted octanol–water partition coefficient (Wildman–Crippen LogP) is 7.88. The number of ether oxygens (including phenoxy) is 1. The highest BCUT2D eigenvalue weighted by Crippen LogP contribution is 2.41. The van der Waals surface area contributed by atoms with E-state index < -0.39 is 40.8 Å². The molecular formula is C25H26F5NO. The highest BCUT2D eigenvalue weighted by molar-refractivity contribution is 5.36. The fourth-order valence-electron chi connectivity index (χ4n) is 4.50. The molecule has 32 heavy (non-hydrogen) atoms. The monoisotopic (exact) mass is 451 g/mol.